The van der Waals surface area contributed by atoms with Crippen LogP contribution < -0.4 is 4.74 Å². The Morgan fingerprint density at radius 3 is 2.73 bits per heavy atom. The average molecular weight is 335 g/mol. The Labute approximate surface area is 103 Å². The lowest BCUT2D eigenvalue weighted by atomic mass is 10.2. The summed E-state index contributed by atoms with van der Waals surface area (Å²) in [6.45, 7) is 0. The Balaban J connectivity index is 2.89. The molecule has 0 N–H and O–H groups in total. The molecule has 0 spiro atoms. The van der Waals surface area contributed by atoms with E-state index in [4.69, 9.17) is 4.74 Å². The van der Waals surface area contributed by atoms with Crippen LogP contribution in [0.4, 0.5) is 4.39 Å². The van der Waals surface area contributed by atoms with Gasteiger partial charge in [0, 0.05) is 22.1 Å². The Hall–Kier alpha value is -0.680. The molecular formula is C10H6Br2FNO. The van der Waals surface area contributed by atoms with Crippen molar-refractivity contribution in [3.63, 3.8) is 0 Å². The summed E-state index contributed by atoms with van der Waals surface area (Å²) in [5, 5.41) is 0.682. The molecular weight excluding hydrogens is 329 g/mol. The molecule has 0 amide bonds. The Morgan fingerprint density at radius 1 is 1.33 bits per heavy atom. The highest BCUT2D eigenvalue weighted by atomic mass is 79.9. The van der Waals surface area contributed by atoms with Crippen molar-refractivity contribution in [3.05, 3.63) is 33.1 Å². The van der Waals surface area contributed by atoms with Crippen molar-refractivity contribution in [3.8, 4) is 5.75 Å². The zero-order chi connectivity index (χ0) is 11.0. The van der Waals surface area contributed by atoms with Gasteiger partial charge in [-0.2, -0.15) is 0 Å². The van der Waals surface area contributed by atoms with Gasteiger partial charge in [0.1, 0.15) is 17.1 Å². The summed E-state index contributed by atoms with van der Waals surface area (Å²) in [6, 6.07) is 2.73. The molecule has 5 heteroatoms. The molecule has 0 aliphatic carbocycles. The lowest BCUT2D eigenvalue weighted by Gasteiger charge is -2.07. The molecule has 2 rings (SSSR count). The fourth-order valence-corrected chi connectivity index (χ4v) is 2.06. The van der Waals surface area contributed by atoms with Crippen LogP contribution in [0.1, 0.15) is 0 Å². The van der Waals surface area contributed by atoms with E-state index in [0.717, 1.165) is 8.95 Å². The molecule has 0 radical (unpaired) electrons. The van der Waals surface area contributed by atoms with Crippen LogP contribution in [0.2, 0.25) is 0 Å². The van der Waals surface area contributed by atoms with E-state index in [0.29, 0.717) is 16.7 Å². The van der Waals surface area contributed by atoms with Gasteiger partial charge in [0.15, 0.2) is 0 Å². The number of ether oxygens (including phenoxy) is 1. The molecule has 0 unspecified atom stereocenters. The van der Waals surface area contributed by atoms with Gasteiger partial charge in [0.25, 0.3) is 0 Å². The Morgan fingerprint density at radius 2 is 2.07 bits per heavy atom. The van der Waals surface area contributed by atoms with Crippen molar-refractivity contribution >= 4 is 42.8 Å². The third kappa shape index (κ3) is 1.86. The van der Waals surface area contributed by atoms with Gasteiger partial charge in [-0.25, -0.2) is 4.39 Å². The van der Waals surface area contributed by atoms with Crippen LogP contribution >= 0.6 is 31.9 Å². The fraction of sp³-hybridized carbons (Fsp3) is 0.100. The normalized spacial score (nSPS) is 10.7. The van der Waals surface area contributed by atoms with E-state index in [1.165, 1.54) is 19.2 Å². The van der Waals surface area contributed by atoms with Gasteiger partial charge in [-0.05, 0) is 37.9 Å². The van der Waals surface area contributed by atoms with Gasteiger partial charge >= 0.3 is 0 Å². The monoisotopic (exact) mass is 333 g/mol. The van der Waals surface area contributed by atoms with Gasteiger partial charge in [0.05, 0.1) is 11.6 Å². The fourth-order valence-electron chi connectivity index (χ4n) is 1.34. The smallest absolute Gasteiger partial charge is 0.148 e. The maximum atomic E-state index is 13.3. The quantitative estimate of drug-likeness (QED) is 0.789. The first kappa shape index (κ1) is 10.8. The number of hydrogen-bond donors (Lipinski definition) is 0. The van der Waals surface area contributed by atoms with Gasteiger partial charge in [-0.3, -0.25) is 4.98 Å². The van der Waals surface area contributed by atoms with Gasteiger partial charge in [-0.1, -0.05) is 0 Å². The highest BCUT2D eigenvalue weighted by Gasteiger charge is 2.10. The van der Waals surface area contributed by atoms with Crippen LogP contribution in [0, 0.1) is 5.82 Å². The van der Waals surface area contributed by atoms with E-state index in [9.17, 15) is 4.39 Å². The lowest BCUT2D eigenvalue weighted by molar-refractivity contribution is 0.415. The van der Waals surface area contributed by atoms with E-state index in [1.807, 2.05) is 0 Å². The number of aromatic nitrogens is 1. The van der Waals surface area contributed by atoms with E-state index < -0.39 is 0 Å². The second-order valence-corrected chi connectivity index (χ2v) is 4.57. The maximum absolute atomic E-state index is 13.3. The van der Waals surface area contributed by atoms with E-state index >= 15 is 0 Å². The predicted octanol–water partition coefficient (Wildman–Crippen LogP) is 3.91. The summed E-state index contributed by atoms with van der Waals surface area (Å²) < 4.78 is 19.9. The zero-order valence-electron chi connectivity index (χ0n) is 7.72. The number of nitrogens with zero attached hydrogens (tertiary/aromatic N) is 1. The molecule has 15 heavy (non-hydrogen) atoms. The number of fused-ring (bicyclic) bond motifs is 1. The van der Waals surface area contributed by atoms with Crippen LogP contribution in [-0.2, 0) is 0 Å². The molecule has 0 aliphatic heterocycles. The number of benzene rings is 1. The third-order valence-electron chi connectivity index (χ3n) is 2.01. The molecule has 0 bridgehead atoms. The first-order chi connectivity index (χ1) is 7.13. The molecule has 78 valence electrons. The molecule has 2 aromatic rings. The first-order valence-electron chi connectivity index (χ1n) is 4.10. The van der Waals surface area contributed by atoms with Crippen LogP contribution in [-0.4, -0.2) is 12.1 Å². The number of hydrogen-bond acceptors (Lipinski definition) is 2. The first-order valence-corrected chi connectivity index (χ1v) is 5.69. The van der Waals surface area contributed by atoms with E-state index in [-0.39, 0.29) is 5.82 Å². The number of halogens is 3. The largest absolute Gasteiger partial charge is 0.494 e. The van der Waals surface area contributed by atoms with Crippen molar-refractivity contribution in [2.45, 2.75) is 0 Å². The summed E-state index contributed by atoms with van der Waals surface area (Å²) in [7, 11) is 1.49. The van der Waals surface area contributed by atoms with Gasteiger partial charge in [0.2, 0.25) is 0 Å². The number of rotatable bonds is 1. The second-order valence-electron chi connectivity index (χ2n) is 2.92. The Kier molecular flexibility index (Phi) is 2.93. The molecule has 0 aliphatic rings. The van der Waals surface area contributed by atoms with E-state index in [1.54, 1.807) is 6.20 Å². The highest BCUT2D eigenvalue weighted by molar-refractivity contribution is 9.13. The summed E-state index contributed by atoms with van der Waals surface area (Å²) in [4.78, 5) is 4.18. The minimum Gasteiger partial charge on any atom is -0.494 e. The molecule has 0 fully saturated rings. The molecule has 0 saturated carbocycles. The van der Waals surface area contributed by atoms with Crippen LogP contribution in [0.5, 0.6) is 5.75 Å². The molecule has 1 aromatic carbocycles. The van der Waals surface area contributed by atoms with Crippen LogP contribution in [0.3, 0.4) is 0 Å². The minimum atomic E-state index is -0.347. The van der Waals surface area contributed by atoms with Crippen molar-refractivity contribution < 1.29 is 9.13 Å². The predicted molar refractivity (Wildman–Crippen MR) is 63.7 cm³/mol. The SMILES string of the molecule is COc1cc(F)cc2c(Br)c(Br)cnc12. The molecule has 2 nitrogen and oxygen atoms in total. The average Bonchev–Trinajstić information content (AvgIpc) is 2.23. The van der Waals surface area contributed by atoms with Gasteiger partial charge < -0.3 is 4.74 Å². The highest BCUT2D eigenvalue weighted by Crippen LogP contribution is 2.34. The van der Waals surface area contributed by atoms with Gasteiger partial charge in [-0.15, -0.1) is 0 Å². The zero-order valence-corrected chi connectivity index (χ0v) is 10.9. The summed E-state index contributed by atoms with van der Waals surface area (Å²) >= 11 is 6.68. The van der Waals surface area contributed by atoms with Crippen molar-refractivity contribution in [1.29, 1.82) is 0 Å². The summed E-state index contributed by atoms with van der Waals surface area (Å²) in [5.74, 6) is 0.0816. The van der Waals surface area contributed by atoms with Crippen LogP contribution in [0.15, 0.2) is 27.3 Å². The molecule has 0 saturated heterocycles. The summed E-state index contributed by atoms with van der Waals surface area (Å²) in [6.07, 6.45) is 1.65. The van der Waals surface area contributed by atoms with Crippen molar-refractivity contribution in [2.75, 3.05) is 7.11 Å². The molecule has 1 heterocycles. The van der Waals surface area contributed by atoms with Crippen molar-refractivity contribution in [2.24, 2.45) is 0 Å². The standard InChI is InChI=1S/C10H6Br2FNO/c1-15-8-3-5(13)2-6-9(12)7(11)4-14-10(6)8/h2-4H,1H3. The number of pyridine rings is 1. The third-order valence-corrected chi connectivity index (χ3v) is 4.00. The maximum Gasteiger partial charge on any atom is 0.148 e. The lowest BCUT2D eigenvalue weighted by Crippen LogP contribution is -1.90. The Bertz CT molecular complexity index is 530. The van der Waals surface area contributed by atoms with Crippen molar-refractivity contribution in [1.82, 2.24) is 4.98 Å². The topological polar surface area (TPSA) is 22.1 Å². The minimum absolute atomic E-state index is 0.347. The molecule has 1 aromatic heterocycles. The molecule has 0 atom stereocenters. The van der Waals surface area contributed by atoms with Crippen LogP contribution in [0.25, 0.3) is 10.9 Å². The number of methoxy groups -OCH3 is 1. The second kappa shape index (κ2) is 4.06. The summed E-state index contributed by atoms with van der Waals surface area (Å²) in [5.41, 5.74) is 0.633. The van der Waals surface area contributed by atoms with E-state index in [2.05, 4.69) is 36.8 Å².